The van der Waals surface area contributed by atoms with Crippen LogP contribution in [0.25, 0.3) is 0 Å². The molecule has 2 aromatic rings. The van der Waals surface area contributed by atoms with Crippen molar-refractivity contribution in [3.63, 3.8) is 0 Å². The maximum atomic E-state index is 5.81. The molecule has 2 nitrogen and oxygen atoms in total. The second kappa shape index (κ2) is 7.46. The number of hydrogen-bond donors (Lipinski definition) is 1. The van der Waals surface area contributed by atoms with Crippen molar-refractivity contribution < 1.29 is 4.74 Å². The number of ether oxygens (including phenoxy) is 1. The van der Waals surface area contributed by atoms with Crippen LogP contribution in [-0.4, -0.2) is 13.6 Å². The van der Waals surface area contributed by atoms with E-state index < -0.39 is 0 Å². The number of halogens is 1. The standard InChI is InChI=1S/C17H20BrNO/c1-13(11-19-2)15-9-7-14(8-10-15)12-20-17-6-4-3-5-16(17)18/h3-10,13,19H,11-12H2,1-2H3. The first-order chi connectivity index (χ1) is 9.70. The molecule has 106 valence electrons. The summed E-state index contributed by atoms with van der Waals surface area (Å²) in [6.45, 7) is 3.80. The summed E-state index contributed by atoms with van der Waals surface area (Å²) in [7, 11) is 1.98. The van der Waals surface area contributed by atoms with Crippen molar-refractivity contribution in [2.45, 2.75) is 19.4 Å². The van der Waals surface area contributed by atoms with Gasteiger partial charge in [0.25, 0.3) is 0 Å². The third-order valence-corrected chi connectivity index (χ3v) is 3.95. The molecular formula is C17H20BrNO. The van der Waals surface area contributed by atoms with Crippen LogP contribution in [-0.2, 0) is 6.61 Å². The molecule has 3 heteroatoms. The lowest BCUT2D eigenvalue weighted by Crippen LogP contribution is -2.14. The van der Waals surface area contributed by atoms with E-state index >= 15 is 0 Å². The number of benzene rings is 2. The van der Waals surface area contributed by atoms with E-state index in [2.05, 4.69) is 52.4 Å². The number of likely N-dealkylation sites (N-methyl/N-ethyl adjacent to an activating group) is 1. The second-order valence-corrected chi connectivity index (χ2v) is 5.77. The minimum Gasteiger partial charge on any atom is -0.488 e. The van der Waals surface area contributed by atoms with Gasteiger partial charge in [0.2, 0.25) is 0 Å². The molecule has 0 fully saturated rings. The first-order valence-corrected chi connectivity index (χ1v) is 7.60. The highest BCUT2D eigenvalue weighted by Gasteiger charge is 2.05. The summed E-state index contributed by atoms with van der Waals surface area (Å²) >= 11 is 3.49. The fraction of sp³-hybridized carbons (Fsp3) is 0.294. The molecule has 1 unspecified atom stereocenters. The molecule has 1 atom stereocenters. The van der Waals surface area contributed by atoms with Crippen LogP contribution in [0.4, 0.5) is 0 Å². The maximum absolute atomic E-state index is 5.81. The lowest BCUT2D eigenvalue weighted by Gasteiger charge is -2.12. The molecule has 0 spiro atoms. The minimum absolute atomic E-state index is 0.526. The van der Waals surface area contributed by atoms with Gasteiger partial charge in [-0.15, -0.1) is 0 Å². The maximum Gasteiger partial charge on any atom is 0.133 e. The van der Waals surface area contributed by atoms with Crippen molar-refractivity contribution >= 4 is 15.9 Å². The fourth-order valence-electron chi connectivity index (χ4n) is 2.09. The molecule has 2 rings (SSSR count). The molecule has 0 radical (unpaired) electrons. The zero-order valence-corrected chi connectivity index (χ0v) is 13.5. The molecule has 0 aliphatic carbocycles. The van der Waals surface area contributed by atoms with E-state index in [1.807, 2.05) is 31.3 Å². The van der Waals surface area contributed by atoms with E-state index in [4.69, 9.17) is 4.74 Å². The summed E-state index contributed by atoms with van der Waals surface area (Å²) in [6, 6.07) is 16.5. The number of nitrogens with one attached hydrogen (secondary N) is 1. The van der Waals surface area contributed by atoms with Crippen molar-refractivity contribution in [1.29, 1.82) is 0 Å². The predicted octanol–water partition coefficient (Wildman–Crippen LogP) is 4.35. The normalized spacial score (nSPS) is 12.2. The van der Waals surface area contributed by atoms with E-state index in [1.165, 1.54) is 11.1 Å². The SMILES string of the molecule is CNCC(C)c1ccc(COc2ccccc2Br)cc1. The zero-order valence-electron chi connectivity index (χ0n) is 11.9. The summed E-state index contributed by atoms with van der Waals surface area (Å²) in [4.78, 5) is 0. The van der Waals surface area contributed by atoms with Crippen LogP contribution in [0.1, 0.15) is 24.0 Å². The monoisotopic (exact) mass is 333 g/mol. The summed E-state index contributed by atoms with van der Waals surface area (Å²) in [6.07, 6.45) is 0. The van der Waals surface area contributed by atoms with Crippen molar-refractivity contribution in [2.24, 2.45) is 0 Å². The van der Waals surface area contributed by atoms with Gasteiger partial charge in [0.05, 0.1) is 4.47 Å². The highest BCUT2D eigenvalue weighted by Crippen LogP contribution is 2.25. The minimum atomic E-state index is 0.526. The number of rotatable bonds is 6. The largest absolute Gasteiger partial charge is 0.488 e. The molecule has 0 saturated carbocycles. The van der Waals surface area contributed by atoms with Gasteiger partial charge in [-0.3, -0.25) is 0 Å². The highest BCUT2D eigenvalue weighted by molar-refractivity contribution is 9.10. The molecule has 0 heterocycles. The van der Waals surface area contributed by atoms with Gasteiger partial charge >= 0.3 is 0 Å². The Labute approximate surface area is 129 Å². The van der Waals surface area contributed by atoms with Crippen LogP contribution in [0.15, 0.2) is 53.0 Å². The molecule has 0 bridgehead atoms. The molecule has 0 amide bonds. The molecule has 0 aliphatic rings. The molecule has 0 aliphatic heterocycles. The first-order valence-electron chi connectivity index (χ1n) is 6.81. The Morgan fingerprint density at radius 1 is 1.10 bits per heavy atom. The van der Waals surface area contributed by atoms with Gasteiger partial charge in [-0.05, 0) is 52.2 Å². The average Bonchev–Trinajstić information content (AvgIpc) is 2.47. The highest BCUT2D eigenvalue weighted by atomic mass is 79.9. The summed E-state index contributed by atoms with van der Waals surface area (Å²) in [5.41, 5.74) is 2.53. The lowest BCUT2D eigenvalue weighted by molar-refractivity contribution is 0.304. The predicted molar refractivity (Wildman–Crippen MR) is 87.3 cm³/mol. The third-order valence-electron chi connectivity index (χ3n) is 3.29. The first kappa shape index (κ1) is 15.1. The van der Waals surface area contributed by atoms with Gasteiger partial charge in [-0.1, -0.05) is 43.3 Å². The molecule has 1 N–H and O–H groups in total. The Kier molecular flexibility index (Phi) is 5.62. The summed E-state index contributed by atoms with van der Waals surface area (Å²) in [5.74, 6) is 1.40. The van der Waals surface area contributed by atoms with Crippen LogP contribution in [0.2, 0.25) is 0 Å². The lowest BCUT2D eigenvalue weighted by atomic mass is 10.00. The van der Waals surface area contributed by atoms with E-state index in [0.29, 0.717) is 12.5 Å². The van der Waals surface area contributed by atoms with Crippen LogP contribution in [0.3, 0.4) is 0 Å². The Balaban J connectivity index is 1.96. The molecule has 0 saturated heterocycles. The van der Waals surface area contributed by atoms with Gasteiger partial charge in [-0.2, -0.15) is 0 Å². The van der Waals surface area contributed by atoms with Crippen molar-refractivity contribution in [1.82, 2.24) is 5.32 Å². The Morgan fingerprint density at radius 2 is 1.80 bits per heavy atom. The summed E-state index contributed by atoms with van der Waals surface area (Å²) in [5, 5.41) is 3.20. The third kappa shape index (κ3) is 4.09. The zero-order chi connectivity index (χ0) is 14.4. The molecule has 20 heavy (non-hydrogen) atoms. The van der Waals surface area contributed by atoms with E-state index in [9.17, 15) is 0 Å². The fourth-order valence-corrected chi connectivity index (χ4v) is 2.49. The van der Waals surface area contributed by atoms with Crippen molar-refractivity contribution in [3.05, 3.63) is 64.1 Å². The Hall–Kier alpha value is -1.32. The average molecular weight is 334 g/mol. The van der Waals surface area contributed by atoms with Crippen LogP contribution >= 0.6 is 15.9 Å². The topological polar surface area (TPSA) is 21.3 Å². The van der Waals surface area contributed by atoms with Crippen molar-refractivity contribution in [2.75, 3.05) is 13.6 Å². The van der Waals surface area contributed by atoms with Gasteiger partial charge in [0.15, 0.2) is 0 Å². The molecule has 2 aromatic carbocycles. The Bertz CT molecular complexity index is 539. The van der Waals surface area contributed by atoms with Crippen LogP contribution < -0.4 is 10.1 Å². The Morgan fingerprint density at radius 3 is 2.45 bits per heavy atom. The van der Waals surface area contributed by atoms with Gasteiger partial charge < -0.3 is 10.1 Å². The smallest absolute Gasteiger partial charge is 0.133 e. The molecule has 0 aromatic heterocycles. The van der Waals surface area contributed by atoms with E-state index in [-0.39, 0.29) is 0 Å². The number of para-hydroxylation sites is 1. The van der Waals surface area contributed by atoms with Crippen LogP contribution in [0, 0.1) is 0 Å². The summed E-state index contributed by atoms with van der Waals surface area (Å²) < 4.78 is 6.80. The molecular weight excluding hydrogens is 314 g/mol. The van der Waals surface area contributed by atoms with Gasteiger partial charge in [0.1, 0.15) is 12.4 Å². The van der Waals surface area contributed by atoms with Crippen LogP contribution in [0.5, 0.6) is 5.75 Å². The van der Waals surface area contributed by atoms with E-state index in [1.54, 1.807) is 0 Å². The van der Waals surface area contributed by atoms with Gasteiger partial charge in [0, 0.05) is 6.54 Å². The van der Waals surface area contributed by atoms with Crippen molar-refractivity contribution in [3.8, 4) is 5.75 Å². The van der Waals surface area contributed by atoms with E-state index in [0.717, 1.165) is 16.8 Å². The second-order valence-electron chi connectivity index (χ2n) is 4.92. The van der Waals surface area contributed by atoms with Gasteiger partial charge in [-0.25, -0.2) is 0 Å². The number of hydrogen-bond acceptors (Lipinski definition) is 2. The quantitative estimate of drug-likeness (QED) is 0.848.